The molecule has 154 valence electrons. The van der Waals surface area contributed by atoms with Crippen LogP contribution in [-0.4, -0.2) is 40.3 Å². The number of ether oxygens (including phenoxy) is 3. The number of hydrogen-bond acceptors (Lipinski definition) is 5. The van der Waals surface area contributed by atoms with Gasteiger partial charge < -0.3 is 24.4 Å². The minimum absolute atomic E-state index is 0.215. The molecule has 2 aromatic carbocycles. The van der Waals surface area contributed by atoms with E-state index in [9.17, 15) is 4.79 Å². The van der Waals surface area contributed by atoms with Gasteiger partial charge in [-0.25, -0.2) is 0 Å². The monoisotopic (exact) mass is 396 g/mol. The molecule has 2 aromatic rings. The van der Waals surface area contributed by atoms with Crippen molar-refractivity contribution in [1.29, 1.82) is 0 Å². The van der Waals surface area contributed by atoms with Crippen LogP contribution in [0.4, 0.5) is 11.4 Å². The van der Waals surface area contributed by atoms with Crippen LogP contribution in [0.5, 0.6) is 17.2 Å². The van der Waals surface area contributed by atoms with Gasteiger partial charge >= 0.3 is 0 Å². The topological polar surface area (TPSA) is 60.0 Å². The van der Waals surface area contributed by atoms with Crippen molar-refractivity contribution in [1.82, 2.24) is 0 Å². The van der Waals surface area contributed by atoms with Crippen molar-refractivity contribution in [2.24, 2.45) is 0 Å². The van der Waals surface area contributed by atoms with E-state index in [4.69, 9.17) is 14.2 Å². The molecular formula is C23H28N2O4. The van der Waals surface area contributed by atoms with Crippen molar-refractivity contribution in [3.8, 4) is 17.2 Å². The molecule has 0 bridgehead atoms. The molecule has 1 amide bonds. The number of benzene rings is 2. The zero-order valence-electron chi connectivity index (χ0n) is 17.2. The third-order valence-electron chi connectivity index (χ3n) is 5.00. The molecule has 29 heavy (non-hydrogen) atoms. The molecular weight excluding hydrogens is 368 g/mol. The number of rotatable bonds is 7. The van der Waals surface area contributed by atoms with E-state index in [1.165, 1.54) is 31.0 Å². The Kier molecular flexibility index (Phi) is 7.00. The number of hydrogen-bond donors (Lipinski definition) is 1. The Balaban J connectivity index is 1.67. The summed E-state index contributed by atoms with van der Waals surface area (Å²) >= 11 is 0. The van der Waals surface area contributed by atoms with E-state index < -0.39 is 0 Å². The Morgan fingerprint density at radius 2 is 1.59 bits per heavy atom. The van der Waals surface area contributed by atoms with Gasteiger partial charge in [-0.05, 0) is 61.7 Å². The summed E-state index contributed by atoms with van der Waals surface area (Å²) in [5.41, 5.74) is 2.69. The standard InChI is InChI=1S/C23H28N2O4/c1-27-20-13-7-17(22(28-2)23(20)29-3)8-14-21(26)24-18-9-11-19(12-10-18)25-15-5-4-6-16-25/h7-14H,4-6,15-16H2,1-3H3,(H,24,26)/b14-8+. The minimum atomic E-state index is -0.215. The summed E-state index contributed by atoms with van der Waals surface area (Å²) in [5.74, 6) is 1.36. The highest BCUT2D eigenvalue weighted by Gasteiger charge is 2.14. The second-order valence-corrected chi connectivity index (χ2v) is 6.84. The molecule has 1 saturated heterocycles. The Morgan fingerprint density at radius 3 is 2.21 bits per heavy atom. The number of amides is 1. The molecule has 1 heterocycles. The van der Waals surface area contributed by atoms with E-state index >= 15 is 0 Å². The van der Waals surface area contributed by atoms with Crippen LogP contribution in [0.2, 0.25) is 0 Å². The molecule has 1 aliphatic rings. The molecule has 0 radical (unpaired) electrons. The van der Waals surface area contributed by atoms with Crippen LogP contribution < -0.4 is 24.4 Å². The van der Waals surface area contributed by atoms with E-state index in [0.717, 1.165) is 24.3 Å². The maximum absolute atomic E-state index is 12.3. The van der Waals surface area contributed by atoms with Crippen LogP contribution in [0.3, 0.4) is 0 Å². The molecule has 0 unspecified atom stereocenters. The summed E-state index contributed by atoms with van der Waals surface area (Å²) < 4.78 is 16.1. The van der Waals surface area contributed by atoms with Gasteiger partial charge in [0.2, 0.25) is 11.7 Å². The average Bonchev–Trinajstić information content (AvgIpc) is 2.77. The third kappa shape index (κ3) is 5.02. The molecule has 1 N–H and O–H groups in total. The number of nitrogens with zero attached hydrogens (tertiary/aromatic N) is 1. The fourth-order valence-electron chi connectivity index (χ4n) is 3.51. The Bertz CT molecular complexity index is 856. The minimum Gasteiger partial charge on any atom is -0.493 e. The molecule has 0 spiro atoms. The molecule has 0 saturated carbocycles. The second-order valence-electron chi connectivity index (χ2n) is 6.84. The quantitative estimate of drug-likeness (QED) is 0.705. The lowest BCUT2D eigenvalue weighted by Crippen LogP contribution is -2.29. The van der Waals surface area contributed by atoms with E-state index in [1.807, 2.05) is 18.2 Å². The number of nitrogens with one attached hydrogen (secondary N) is 1. The Labute approximate surface area is 172 Å². The number of anilines is 2. The van der Waals surface area contributed by atoms with E-state index in [1.54, 1.807) is 33.5 Å². The first-order valence-electron chi connectivity index (χ1n) is 9.79. The van der Waals surface area contributed by atoms with Crippen molar-refractivity contribution in [2.45, 2.75) is 19.3 Å². The van der Waals surface area contributed by atoms with E-state index in [2.05, 4.69) is 22.3 Å². The zero-order chi connectivity index (χ0) is 20.6. The summed E-state index contributed by atoms with van der Waals surface area (Å²) in [7, 11) is 4.67. The fraction of sp³-hybridized carbons (Fsp3) is 0.348. The van der Waals surface area contributed by atoms with E-state index in [0.29, 0.717) is 17.2 Å². The van der Waals surface area contributed by atoms with Gasteiger partial charge in [-0.1, -0.05) is 0 Å². The van der Waals surface area contributed by atoms with Crippen LogP contribution in [0.15, 0.2) is 42.5 Å². The summed E-state index contributed by atoms with van der Waals surface area (Å²) in [6, 6.07) is 11.6. The highest BCUT2D eigenvalue weighted by molar-refractivity contribution is 6.02. The summed E-state index contributed by atoms with van der Waals surface area (Å²) in [6.07, 6.45) is 6.95. The summed E-state index contributed by atoms with van der Waals surface area (Å²) in [6.45, 7) is 2.20. The molecule has 3 rings (SSSR count). The van der Waals surface area contributed by atoms with Crippen molar-refractivity contribution in [3.05, 3.63) is 48.0 Å². The number of carbonyl (C=O) groups excluding carboxylic acids is 1. The SMILES string of the molecule is COc1ccc(/C=C/C(=O)Nc2ccc(N3CCCCC3)cc2)c(OC)c1OC. The Morgan fingerprint density at radius 1 is 0.897 bits per heavy atom. The van der Waals surface area contributed by atoms with Crippen molar-refractivity contribution >= 4 is 23.4 Å². The van der Waals surface area contributed by atoms with Crippen LogP contribution in [0.1, 0.15) is 24.8 Å². The molecule has 6 nitrogen and oxygen atoms in total. The van der Waals surface area contributed by atoms with Gasteiger partial charge in [0.05, 0.1) is 21.3 Å². The summed E-state index contributed by atoms with van der Waals surface area (Å²) in [4.78, 5) is 14.7. The largest absolute Gasteiger partial charge is 0.493 e. The zero-order valence-corrected chi connectivity index (χ0v) is 17.2. The first-order valence-corrected chi connectivity index (χ1v) is 9.79. The molecule has 0 aromatic heterocycles. The lowest BCUT2D eigenvalue weighted by atomic mass is 10.1. The molecule has 6 heteroatoms. The first-order chi connectivity index (χ1) is 14.2. The Hall–Kier alpha value is -3.15. The van der Waals surface area contributed by atoms with Gasteiger partial charge in [-0.2, -0.15) is 0 Å². The first kappa shape index (κ1) is 20.6. The molecule has 0 atom stereocenters. The maximum Gasteiger partial charge on any atom is 0.248 e. The van der Waals surface area contributed by atoms with Crippen LogP contribution >= 0.6 is 0 Å². The lowest BCUT2D eigenvalue weighted by Gasteiger charge is -2.28. The number of methoxy groups -OCH3 is 3. The second kappa shape index (κ2) is 9.87. The fourth-order valence-corrected chi connectivity index (χ4v) is 3.51. The number of piperidine rings is 1. The van der Waals surface area contributed by atoms with Crippen molar-refractivity contribution in [3.63, 3.8) is 0 Å². The normalized spacial score (nSPS) is 14.0. The van der Waals surface area contributed by atoms with Gasteiger partial charge in [0.15, 0.2) is 11.5 Å². The molecule has 0 aliphatic carbocycles. The highest BCUT2D eigenvalue weighted by atomic mass is 16.5. The predicted molar refractivity (Wildman–Crippen MR) is 116 cm³/mol. The van der Waals surface area contributed by atoms with Crippen molar-refractivity contribution < 1.29 is 19.0 Å². The van der Waals surface area contributed by atoms with Crippen molar-refractivity contribution in [2.75, 3.05) is 44.6 Å². The molecule has 1 aliphatic heterocycles. The van der Waals surface area contributed by atoms with E-state index in [-0.39, 0.29) is 5.91 Å². The van der Waals surface area contributed by atoms with Gasteiger partial charge in [0.25, 0.3) is 0 Å². The average molecular weight is 396 g/mol. The lowest BCUT2D eigenvalue weighted by molar-refractivity contribution is -0.111. The smallest absolute Gasteiger partial charge is 0.248 e. The van der Waals surface area contributed by atoms with Crippen LogP contribution in [0.25, 0.3) is 6.08 Å². The number of carbonyl (C=O) groups is 1. The van der Waals surface area contributed by atoms with Gasteiger partial charge in [0.1, 0.15) is 0 Å². The third-order valence-corrected chi connectivity index (χ3v) is 5.00. The van der Waals surface area contributed by atoms with Gasteiger partial charge in [-0.15, -0.1) is 0 Å². The molecule has 1 fully saturated rings. The highest BCUT2D eigenvalue weighted by Crippen LogP contribution is 2.40. The van der Waals surface area contributed by atoms with Crippen LogP contribution in [-0.2, 0) is 4.79 Å². The maximum atomic E-state index is 12.3. The van der Waals surface area contributed by atoms with Crippen LogP contribution in [0, 0.1) is 0 Å². The summed E-state index contributed by atoms with van der Waals surface area (Å²) in [5, 5.41) is 2.89. The predicted octanol–water partition coefficient (Wildman–Crippen LogP) is 4.35. The van der Waals surface area contributed by atoms with Gasteiger partial charge in [-0.3, -0.25) is 4.79 Å². The van der Waals surface area contributed by atoms with Gasteiger partial charge in [0, 0.05) is 36.1 Å².